The van der Waals surface area contributed by atoms with Crippen molar-refractivity contribution in [2.45, 2.75) is 24.6 Å². The molecule has 0 N–H and O–H groups in total. The van der Waals surface area contributed by atoms with E-state index < -0.39 is 0 Å². The maximum atomic E-state index is 3.77. The van der Waals surface area contributed by atoms with Crippen molar-refractivity contribution in [2.75, 3.05) is 0 Å². The summed E-state index contributed by atoms with van der Waals surface area (Å²) in [6.45, 7) is 2.21. The maximum absolute atomic E-state index is 3.77. The van der Waals surface area contributed by atoms with Crippen molar-refractivity contribution >= 4 is 31.9 Å². The van der Waals surface area contributed by atoms with E-state index in [-0.39, 0.29) is 4.83 Å². The highest BCUT2D eigenvalue weighted by Crippen LogP contribution is 2.32. The van der Waals surface area contributed by atoms with Crippen LogP contribution >= 0.6 is 31.9 Å². The molecule has 2 aromatic carbocycles. The third-order valence-electron chi connectivity index (χ3n) is 2.95. The Morgan fingerprint density at radius 1 is 1.00 bits per heavy atom. The van der Waals surface area contributed by atoms with Gasteiger partial charge in [-0.25, -0.2) is 0 Å². The van der Waals surface area contributed by atoms with Crippen LogP contribution in [0.15, 0.2) is 53.0 Å². The van der Waals surface area contributed by atoms with E-state index in [1.165, 1.54) is 23.1 Å². The Kier molecular flexibility index (Phi) is 5.02. The largest absolute Gasteiger partial charge is 0.0786 e. The molecule has 0 aliphatic rings. The number of hydrogen-bond donors (Lipinski definition) is 0. The summed E-state index contributed by atoms with van der Waals surface area (Å²) in [6, 6.07) is 17.3. The first-order valence-corrected chi connectivity index (χ1v) is 7.90. The van der Waals surface area contributed by atoms with Crippen molar-refractivity contribution in [3.8, 4) is 0 Å². The number of aryl methyl sites for hydroxylation is 1. The van der Waals surface area contributed by atoms with Gasteiger partial charge < -0.3 is 0 Å². The van der Waals surface area contributed by atoms with E-state index in [4.69, 9.17) is 0 Å². The van der Waals surface area contributed by atoms with Gasteiger partial charge in [-0.05, 0) is 35.2 Å². The molecule has 0 amide bonds. The van der Waals surface area contributed by atoms with Crippen LogP contribution in [0.25, 0.3) is 0 Å². The lowest BCUT2D eigenvalue weighted by molar-refractivity contribution is 0.920. The van der Waals surface area contributed by atoms with Crippen LogP contribution in [-0.4, -0.2) is 0 Å². The SMILES string of the molecule is CCCc1ccc(C(Br)c2cccc(Br)c2)cc1. The van der Waals surface area contributed by atoms with Gasteiger partial charge in [0.15, 0.2) is 0 Å². The maximum Gasteiger partial charge on any atom is 0.0645 e. The molecule has 0 aliphatic heterocycles. The Balaban J connectivity index is 2.20. The lowest BCUT2D eigenvalue weighted by atomic mass is 10.0. The third kappa shape index (κ3) is 3.46. The third-order valence-corrected chi connectivity index (χ3v) is 4.50. The molecule has 2 rings (SSSR count). The molecule has 2 aromatic rings. The summed E-state index contributed by atoms with van der Waals surface area (Å²) in [4.78, 5) is 0.255. The minimum Gasteiger partial charge on any atom is -0.0786 e. The van der Waals surface area contributed by atoms with Gasteiger partial charge in [0.05, 0.1) is 4.83 Å². The van der Waals surface area contributed by atoms with Crippen molar-refractivity contribution in [2.24, 2.45) is 0 Å². The molecule has 0 nitrogen and oxygen atoms in total. The normalized spacial score (nSPS) is 12.4. The average Bonchev–Trinajstić information content (AvgIpc) is 2.39. The molecule has 0 spiro atoms. The fraction of sp³-hybridized carbons (Fsp3) is 0.250. The lowest BCUT2D eigenvalue weighted by Gasteiger charge is -2.12. The second-order valence-corrected chi connectivity index (χ2v) is 6.24. The smallest absolute Gasteiger partial charge is 0.0645 e. The monoisotopic (exact) mass is 366 g/mol. The molecule has 0 saturated heterocycles. The molecule has 18 heavy (non-hydrogen) atoms. The molecule has 1 unspecified atom stereocenters. The van der Waals surface area contributed by atoms with Crippen LogP contribution in [0.2, 0.25) is 0 Å². The van der Waals surface area contributed by atoms with Crippen molar-refractivity contribution in [1.29, 1.82) is 0 Å². The van der Waals surface area contributed by atoms with Gasteiger partial charge in [0.25, 0.3) is 0 Å². The standard InChI is InChI=1S/C16H16Br2/c1-2-4-12-7-9-13(10-8-12)16(18)14-5-3-6-15(17)11-14/h3,5-11,16H,2,4H2,1H3. The van der Waals surface area contributed by atoms with Gasteiger partial charge in [-0.2, -0.15) is 0 Å². The van der Waals surface area contributed by atoms with Gasteiger partial charge in [-0.3, -0.25) is 0 Å². The van der Waals surface area contributed by atoms with Crippen molar-refractivity contribution in [3.63, 3.8) is 0 Å². The van der Waals surface area contributed by atoms with Crippen molar-refractivity contribution in [3.05, 3.63) is 69.7 Å². The minimum atomic E-state index is 0.255. The predicted octanol–water partition coefficient (Wildman–Crippen LogP) is 5.89. The molecular formula is C16H16Br2. The average molecular weight is 368 g/mol. The second-order valence-electron chi connectivity index (χ2n) is 4.41. The predicted molar refractivity (Wildman–Crippen MR) is 85.3 cm³/mol. The van der Waals surface area contributed by atoms with Gasteiger partial charge in [0.1, 0.15) is 0 Å². The number of alkyl halides is 1. The van der Waals surface area contributed by atoms with E-state index >= 15 is 0 Å². The first kappa shape index (κ1) is 13.8. The highest BCUT2D eigenvalue weighted by molar-refractivity contribution is 9.10. The molecule has 0 fully saturated rings. The number of rotatable bonds is 4. The summed E-state index contributed by atoms with van der Waals surface area (Å²) in [5.74, 6) is 0. The molecule has 0 aliphatic carbocycles. The van der Waals surface area contributed by atoms with E-state index in [1.54, 1.807) is 0 Å². The molecule has 0 radical (unpaired) electrons. The number of hydrogen-bond acceptors (Lipinski definition) is 0. The highest BCUT2D eigenvalue weighted by Gasteiger charge is 2.10. The Morgan fingerprint density at radius 2 is 1.72 bits per heavy atom. The molecule has 2 heteroatoms. The quantitative estimate of drug-likeness (QED) is 0.591. The van der Waals surface area contributed by atoms with E-state index in [2.05, 4.69) is 81.2 Å². The Labute approximate surface area is 126 Å². The minimum absolute atomic E-state index is 0.255. The van der Waals surface area contributed by atoms with Crippen LogP contribution in [0.1, 0.15) is 34.9 Å². The second kappa shape index (κ2) is 6.53. The van der Waals surface area contributed by atoms with Crippen molar-refractivity contribution in [1.82, 2.24) is 0 Å². The Bertz CT molecular complexity index is 503. The zero-order chi connectivity index (χ0) is 13.0. The van der Waals surface area contributed by atoms with Gasteiger partial charge in [0.2, 0.25) is 0 Å². The van der Waals surface area contributed by atoms with E-state index in [1.807, 2.05) is 6.07 Å². The lowest BCUT2D eigenvalue weighted by Crippen LogP contribution is -1.93. The Morgan fingerprint density at radius 3 is 2.33 bits per heavy atom. The zero-order valence-electron chi connectivity index (χ0n) is 10.4. The molecule has 0 saturated carbocycles. The molecule has 0 aromatic heterocycles. The number of benzene rings is 2. The Hall–Kier alpha value is -0.600. The zero-order valence-corrected chi connectivity index (χ0v) is 13.5. The topological polar surface area (TPSA) is 0 Å². The summed E-state index contributed by atoms with van der Waals surface area (Å²) in [5.41, 5.74) is 3.98. The summed E-state index contributed by atoms with van der Waals surface area (Å²) in [5, 5.41) is 0. The van der Waals surface area contributed by atoms with Crippen LogP contribution in [0.4, 0.5) is 0 Å². The van der Waals surface area contributed by atoms with Crippen LogP contribution in [0, 0.1) is 0 Å². The molecule has 0 bridgehead atoms. The summed E-state index contributed by atoms with van der Waals surface area (Å²) < 4.78 is 1.12. The van der Waals surface area contributed by atoms with Gasteiger partial charge in [-0.15, -0.1) is 0 Å². The molecular weight excluding hydrogens is 352 g/mol. The molecule has 1 atom stereocenters. The van der Waals surface area contributed by atoms with E-state index in [0.29, 0.717) is 0 Å². The van der Waals surface area contributed by atoms with E-state index in [0.717, 1.165) is 10.9 Å². The molecule has 0 heterocycles. The van der Waals surface area contributed by atoms with Gasteiger partial charge in [0, 0.05) is 4.47 Å². The van der Waals surface area contributed by atoms with Crippen molar-refractivity contribution < 1.29 is 0 Å². The van der Waals surface area contributed by atoms with E-state index in [9.17, 15) is 0 Å². The van der Waals surface area contributed by atoms with Gasteiger partial charge in [-0.1, -0.05) is 81.6 Å². The van der Waals surface area contributed by atoms with Crippen LogP contribution in [0.3, 0.4) is 0 Å². The van der Waals surface area contributed by atoms with Gasteiger partial charge >= 0.3 is 0 Å². The molecule has 94 valence electrons. The van der Waals surface area contributed by atoms with Crippen LogP contribution in [-0.2, 0) is 6.42 Å². The fourth-order valence-electron chi connectivity index (χ4n) is 2.00. The fourth-order valence-corrected chi connectivity index (χ4v) is 3.01. The number of halogens is 2. The first-order chi connectivity index (χ1) is 8.70. The highest BCUT2D eigenvalue weighted by atomic mass is 79.9. The summed E-state index contributed by atoms with van der Waals surface area (Å²) >= 11 is 7.29. The first-order valence-electron chi connectivity index (χ1n) is 6.19. The van der Waals surface area contributed by atoms with Crippen LogP contribution in [0.5, 0.6) is 0 Å². The summed E-state index contributed by atoms with van der Waals surface area (Å²) in [6.07, 6.45) is 2.35. The summed E-state index contributed by atoms with van der Waals surface area (Å²) in [7, 11) is 0. The van der Waals surface area contributed by atoms with Crippen LogP contribution < -0.4 is 0 Å².